The fourth-order valence-electron chi connectivity index (χ4n) is 0.215. The highest BCUT2D eigenvalue weighted by Crippen LogP contribution is 1.62. The number of nitrogens with one attached hydrogen (secondary N) is 1. The molecule has 0 bridgehead atoms. The van der Waals surface area contributed by atoms with Gasteiger partial charge in [0.05, 0.1) is 6.33 Å². The first kappa shape index (κ1) is 17.6. The molecule has 0 saturated carbocycles. The van der Waals surface area contributed by atoms with Gasteiger partial charge in [0, 0.05) is 12.4 Å². The SMILES string of the molecule is Br.CCN.CCN.c1c[nH]cn1. The van der Waals surface area contributed by atoms with E-state index in [9.17, 15) is 0 Å². The third kappa shape index (κ3) is 33.5. The fourth-order valence-corrected chi connectivity index (χ4v) is 0.215. The summed E-state index contributed by atoms with van der Waals surface area (Å²) in [6.45, 7) is 5.31. The largest absolute Gasteiger partial charge is 0.351 e. The minimum absolute atomic E-state index is 0. The molecule has 0 saturated heterocycles. The van der Waals surface area contributed by atoms with Crippen molar-refractivity contribution >= 4 is 17.0 Å². The Labute approximate surface area is 84.5 Å². The van der Waals surface area contributed by atoms with Crippen molar-refractivity contribution in [3.63, 3.8) is 0 Å². The summed E-state index contributed by atoms with van der Waals surface area (Å²) in [5.74, 6) is 0. The summed E-state index contributed by atoms with van der Waals surface area (Å²) in [7, 11) is 0. The fraction of sp³-hybridized carbons (Fsp3) is 0.571. The second-order valence-corrected chi connectivity index (χ2v) is 1.58. The third-order valence-corrected chi connectivity index (χ3v) is 0.406. The van der Waals surface area contributed by atoms with E-state index in [1.165, 1.54) is 0 Å². The van der Waals surface area contributed by atoms with Gasteiger partial charge in [-0.25, -0.2) is 4.98 Å². The molecular weight excluding hydrogens is 220 g/mol. The number of aromatic nitrogens is 2. The number of nitrogens with zero attached hydrogens (tertiary/aromatic N) is 1. The van der Waals surface area contributed by atoms with Crippen molar-refractivity contribution in [3.05, 3.63) is 18.7 Å². The first-order chi connectivity index (χ1) is 5.33. The van der Waals surface area contributed by atoms with Crippen LogP contribution in [0.1, 0.15) is 13.8 Å². The quantitative estimate of drug-likeness (QED) is 0.629. The van der Waals surface area contributed by atoms with Crippen LogP contribution in [0.25, 0.3) is 0 Å². The predicted octanol–water partition coefficient (Wildman–Crippen LogP) is 0.918. The van der Waals surface area contributed by atoms with E-state index in [1.54, 1.807) is 18.7 Å². The Hall–Kier alpha value is -0.390. The lowest BCUT2D eigenvalue weighted by molar-refractivity contribution is 1.14. The van der Waals surface area contributed by atoms with Crippen LogP contribution in [-0.4, -0.2) is 23.1 Å². The van der Waals surface area contributed by atoms with Gasteiger partial charge in [0.2, 0.25) is 0 Å². The Morgan fingerprint density at radius 2 is 1.67 bits per heavy atom. The van der Waals surface area contributed by atoms with E-state index >= 15 is 0 Å². The Kier molecular flexibility index (Phi) is 32.9. The minimum Gasteiger partial charge on any atom is -0.351 e. The summed E-state index contributed by atoms with van der Waals surface area (Å²) in [6.07, 6.45) is 5.08. The molecule has 74 valence electrons. The van der Waals surface area contributed by atoms with Crippen molar-refractivity contribution in [2.75, 3.05) is 13.1 Å². The van der Waals surface area contributed by atoms with E-state index in [0.717, 1.165) is 13.1 Å². The number of hydrogen-bond donors (Lipinski definition) is 3. The number of hydrogen-bond acceptors (Lipinski definition) is 3. The van der Waals surface area contributed by atoms with Gasteiger partial charge < -0.3 is 16.5 Å². The van der Waals surface area contributed by atoms with Crippen LogP contribution in [0.15, 0.2) is 18.7 Å². The summed E-state index contributed by atoms with van der Waals surface area (Å²) >= 11 is 0. The molecule has 0 aliphatic heterocycles. The van der Waals surface area contributed by atoms with E-state index in [1.807, 2.05) is 13.8 Å². The molecule has 1 heterocycles. The van der Waals surface area contributed by atoms with Gasteiger partial charge in [-0.05, 0) is 13.1 Å². The molecule has 4 nitrogen and oxygen atoms in total. The molecule has 0 spiro atoms. The number of nitrogens with two attached hydrogens (primary N) is 2. The number of imidazole rings is 1. The molecule has 12 heavy (non-hydrogen) atoms. The second kappa shape index (κ2) is 22.4. The Morgan fingerprint density at radius 3 is 1.75 bits per heavy atom. The normalized spacial score (nSPS) is 6.33. The van der Waals surface area contributed by atoms with Crippen LogP contribution in [0.2, 0.25) is 0 Å². The molecule has 5 heteroatoms. The summed E-state index contributed by atoms with van der Waals surface area (Å²) in [5, 5.41) is 0. The lowest BCUT2D eigenvalue weighted by atomic mass is 10.8. The molecule has 0 aliphatic carbocycles. The molecule has 1 aromatic heterocycles. The van der Waals surface area contributed by atoms with E-state index in [-0.39, 0.29) is 17.0 Å². The Balaban J connectivity index is -0.000000104. The maximum atomic E-state index is 4.85. The monoisotopic (exact) mass is 238 g/mol. The molecule has 1 aromatic rings. The highest BCUT2D eigenvalue weighted by molar-refractivity contribution is 8.93. The van der Waals surface area contributed by atoms with Crippen molar-refractivity contribution in [3.8, 4) is 0 Å². The molecule has 0 fully saturated rings. The van der Waals surface area contributed by atoms with Crippen molar-refractivity contribution in [1.82, 2.24) is 9.97 Å². The van der Waals surface area contributed by atoms with Crippen LogP contribution in [0.3, 0.4) is 0 Å². The molecule has 0 aliphatic rings. The predicted molar refractivity (Wildman–Crippen MR) is 58.4 cm³/mol. The van der Waals surface area contributed by atoms with Crippen LogP contribution in [0, 0.1) is 0 Å². The zero-order valence-electron chi connectivity index (χ0n) is 7.66. The van der Waals surface area contributed by atoms with Crippen molar-refractivity contribution < 1.29 is 0 Å². The van der Waals surface area contributed by atoms with Crippen LogP contribution in [-0.2, 0) is 0 Å². The van der Waals surface area contributed by atoms with E-state index in [4.69, 9.17) is 11.5 Å². The summed E-state index contributed by atoms with van der Waals surface area (Å²) in [5.41, 5.74) is 9.69. The average molecular weight is 239 g/mol. The Bertz CT molecular complexity index is 90.9. The van der Waals surface area contributed by atoms with Crippen molar-refractivity contribution in [2.45, 2.75) is 13.8 Å². The summed E-state index contributed by atoms with van der Waals surface area (Å²) in [6, 6.07) is 0. The standard InChI is InChI=1S/C3H4N2.2C2H7N.BrH/c1-2-5-3-4-1;2*1-2-3;/h1-3H,(H,4,5);2*2-3H2,1H3;1H. The van der Waals surface area contributed by atoms with Gasteiger partial charge in [-0.15, -0.1) is 17.0 Å². The maximum Gasteiger partial charge on any atom is 0.0919 e. The maximum absolute atomic E-state index is 4.85. The minimum atomic E-state index is 0. The molecule has 0 unspecified atom stereocenters. The summed E-state index contributed by atoms with van der Waals surface area (Å²) < 4.78 is 0. The number of halogens is 1. The molecule has 5 N–H and O–H groups in total. The van der Waals surface area contributed by atoms with Crippen LogP contribution in [0.4, 0.5) is 0 Å². The van der Waals surface area contributed by atoms with Crippen LogP contribution in [0.5, 0.6) is 0 Å². The van der Waals surface area contributed by atoms with Gasteiger partial charge >= 0.3 is 0 Å². The molecule has 0 amide bonds. The number of H-pyrrole nitrogens is 1. The molecule has 0 atom stereocenters. The first-order valence-corrected chi connectivity index (χ1v) is 3.66. The zero-order valence-corrected chi connectivity index (χ0v) is 9.37. The average Bonchev–Trinajstić information content (AvgIpc) is 2.44. The van der Waals surface area contributed by atoms with Gasteiger partial charge in [0.25, 0.3) is 0 Å². The van der Waals surface area contributed by atoms with Crippen molar-refractivity contribution in [1.29, 1.82) is 0 Å². The molecular formula is C7H19BrN4. The molecule has 0 radical (unpaired) electrons. The van der Waals surface area contributed by atoms with E-state index in [2.05, 4.69) is 9.97 Å². The van der Waals surface area contributed by atoms with Crippen LogP contribution < -0.4 is 11.5 Å². The van der Waals surface area contributed by atoms with E-state index < -0.39 is 0 Å². The third-order valence-electron chi connectivity index (χ3n) is 0.406. The van der Waals surface area contributed by atoms with Crippen molar-refractivity contribution in [2.24, 2.45) is 11.5 Å². The highest BCUT2D eigenvalue weighted by Gasteiger charge is 1.56. The van der Waals surface area contributed by atoms with Gasteiger partial charge in [-0.3, -0.25) is 0 Å². The van der Waals surface area contributed by atoms with Crippen LogP contribution >= 0.6 is 17.0 Å². The lowest BCUT2D eigenvalue weighted by Gasteiger charge is -1.53. The highest BCUT2D eigenvalue weighted by atomic mass is 79.9. The first-order valence-electron chi connectivity index (χ1n) is 3.66. The topological polar surface area (TPSA) is 80.7 Å². The van der Waals surface area contributed by atoms with Gasteiger partial charge in [-0.1, -0.05) is 13.8 Å². The van der Waals surface area contributed by atoms with Gasteiger partial charge in [0.15, 0.2) is 0 Å². The smallest absolute Gasteiger partial charge is 0.0919 e. The zero-order chi connectivity index (χ0) is 8.95. The second-order valence-electron chi connectivity index (χ2n) is 1.58. The Morgan fingerprint density at radius 1 is 1.25 bits per heavy atom. The van der Waals surface area contributed by atoms with Gasteiger partial charge in [-0.2, -0.15) is 0 Å². The molecule has 0 aromatic carbocycles. The summed E-state index contributed by atoms with van der Waals surface area (Å²) in [4.78, 5) is 6.42. The molecule has 1 rings (SSSR count). The lowest BCUT2D eigenvalue weighted by Crippen LogP contribution is -1.87. The number of rotatable bonds is 0. The number of aromatic amines is 1. The van der Waals surface area contributed by atoms with Gasteiger partial charge in [0.1, 0.15) is 0 Å². The van der Waals surface area contributed by atoms with E-state index in [0.29, 0.717) is 0 Å².